The maximum atomic E-state index is 13.5. The molecule has 0 saturated carbocycles. The predicted molar refractivity (Wildman–Crippen MR) is 53.4 cm³/mol. The van der Waals surface area contributed by atoms with Gasteiger partial charge in [0.05, 0.1) is 5.69 Å². The number of H-pyrrole nitrogens is 1. The van der Waals surface area contributed by atoms with Gasteiger partial charge in [0.15, 0.2) is 5.67 Å². The van der Waals surface area contributed by atoms with Crippen LogP contribution in [0.15, 0.2) is 6.20 Å². The monoisotopic (exact) mass is 214 g/mol. The predicted octanol–water partition coefficient (Wildman–Crippen LogP) is 1.98. The summed E-state index contributed by atoms with van der Waals surface area (Å²) in [6, 6.07) is 0. The molecule has 84 valence electrons. The number of aromatic nitrogens is 2. The maximum absolute atomic E-state index is 13.5. The maximum Gasteiger partial charge on any atom is 0.315 e. The molecule has 0 fully saturated rings. The third-order valence-electron chi connectivity index (χ3n) is 2.35. The van der Waals surface area contributed by atoms with E-state index in [1.807, 2.05) is 0 Å². The van der Waals surface area contributed by atoms with Crippen LogP contribution in [0.1, 0.15) is 39.2 Å². The minimum Gasteiger partial charge on any atom is -0.481 e. The second kappa shape index (κ2) is 3.32. The molecule has 0 aromatic carbocycles. The van der Waals surface area contributed by atoms with Crippen LogP contribution < -0.4 is 0 Å². The molecule has 1 aromatic heterocycles. The first-order valence-corrected chi connectivity index (χ1v) is 4.64. The third-order valence-corrected chi connectivity index (χ3v) is 2.35. The number of carbonyl (C=O) groups is 1. The van der Waals surface area contributed by atoms with E-state index in [2.05, 4.69) is 9.97 Å². The number of hydrogen-bond acceptors (Lipinski definition) is 2. The zero-order valence-electron chi connectivity index (χ0n) is 9.26. The molecule has 0 atom stereocenters. The van der Waals surface area contributed by atoms with Crippen molar-refractivity contribution in [2.75, 3.05) is 0 Å². The molecule has 15 heavy (non-hydrogen) atoms. The van der Waals surface area contributed by atoms with Crippen LogP contribution >= 0.6 is 0 Å². The Morgan fingerprint density at radius 1 is 1.47 bits per heavy atom. The Kier molecular flexibility index (Phi) is 2.59. The summed E-state index contributed by atoms with van der Waals surface area (Å²) in [7, 11) is 0. The summed E-state index contributed by atoms with van der Waals surface area (Å²) in [5, 5.41) is 8.97. The quantitative estimate of drug-likeness (QED) is 0.808. The number of aromatic amines is 1. The third kappa shape index (κ3) is 2.16. The lowest BCUT2D eigenvalue weighted by Crippen LogP contribution is -2.29. The number of halogens is 1. The minimum atomic E-state index is -1.59. The van der Waals surface area contributed by atoms with Crippen molar-refractivity contribution < 1.29 is 14.3 Å². The zero-order valence-corrected chi connectivity index (χ0v) is 9.26. The van der Waals surface area contributed by atoms with Crippen molar-refractivity contribution >= 4 is 5.97 Å². The van der Waals surface area contributed by atoms with Crippen molar-refractivity contribution in [3.05, 3.63) is 17.7 Å². The van der Waals surface area contributed by atoms with Gasteiger partial charge in [0.2, 0.25) is 0 Å². The first kappa shape index (κ1) is 11.7. The molecule has 0 bridgehead atoms. The topological polar surface area (TPSA) is 66.0 Å². The van der Waals surface area contributed by atoms with Gasteiger partial charge in [-0.2, -0.15) is 0 Å². The van der Waals surface area contributed by atoms with Crippen molar-refractivity contribution in [1.82, 2.24) is 9.97 Å². The molecule has 0 amide bonds. The summed E-state index contributed by atoms with van der Waals surface area (Å²) in [6.07, 6.45) is 1.37. The van der Waals surface area contributed by atoms with Crippen LogP contribution in [0.5, 0.6) is 0 Å². The van der Waals surface area contributed by atoms with Crippen LogP contribution in [0.4, 0.5) is 4.39 Å². The molecule has 0 spiro atoms. The van der Waals surface area contributed by atoms with Crippen molar-refractivity contribution in [3.8, 4) is 0 Å². The first-order chi connectivity index (χ1) is 6.65. The molecule has 0 aliphatic rings. The summed E-state index contributed by atoms with van der Waals surface area (Å²) in [6.45, 7) is 5.81. The number of carboxylic acids is 1. The van der Waals surface area contributed by atoms with Crippen LogP contribution in [0.25, 0.3) is 0 Å². The summed E-state index contributed by atoms with van der Waals surface area (Å²) in [5.41, 5.74) is -2.28. The van der Waals surface area contributed by atoms with Gasteiger partial charge in [-0.15, -0.1) is 0 Å². The Morgan fingerprint density at radius 3 is 2.33 bits per heavy atom. The Labute approximate surface area is 87.5 Å². The zero-order chi connectivity index (χ0) is 11.9. The smallest absolute Gasteiger partial charge is 0.315 e. The van der Waals surface area contributed by atoms with E-state index >= 15 is 0 Å². The molecule has 1 aromatic rings. The van der Waals surface area contributed by atoms with E-state index in [0.29, 0.717) is 5.69 Å². The normalized spacial score (nSPS) is 12.9. The average molecular weight is 214 g/mol. The number of alkyl halides is 1. The summed E-state index contributed by atoms with van der Waals surface area (Å²) < 4.78 is 13.5. The second-order valence-electron chi connectivity index (χ2n) is 4.55. The van der Waals surface area contributed by atoms with Crippen LogP contribution in [0.2, 0.25) is 0 Å². The fourth-order valence-electron chi connectivity index (χ4n) is 1.06. The molecule has 0 aliphatic heterocycles. The van der Waals surface area contributed by atoms with Gasteiger partial charge in [0.1, 0.15) is 11.2 Å². The highest BCUT2D eigenvalue weighted by molar-refractivity contribution is 5.79. The highest BCUT2D eigenvalue weighted by Crippen LogP contribution is 2.26. The number of nitrogens with zero attached hydrogens (tertiary/aromatic N) is 1. The lowest BCUT2D eigenvalue weighted by molar-refractivity contribution is -0.142. The van der Waals surface area contributed by atoms with Crippen LogP contribution in [0.3, 0.4) is 0 Å². The number of rotatable bonds is 3. The molecule has 0 radical (unpaired) electrons. The Bertz CT molecular complexity index is 377. The van der Waals surface area contributed by atoms with Crippen LogP contribution in [-0.4, -0.2) is 21.0 Å². The van der Waals surface area contributed by atoms with E-state index in [1.54, 1.807) is 0 Å². The second-order valence-corrected chi connectivity index (χ2v) is 4.55. The van der Waals surface area contributed by atoms with Gasteiger partial charge < -0.3 is 10.1 Å². The lowest BCUT2D eigenvalue weighted by Gasteiger charge is -2.17. The van der Waals surface area contributed by atoms with E-state index in [9.17, 15) is 9.18 Å². The van der Waals surface area contributed by atoms with Crippen LogP contribution in [-0.2, 0) is 15.9 Å². The van der Waals surface area contributed by atoms with Gasteiger partial charge >= 0.3 is 5.97 Å². The average Bonchev–Trinajstić information content (AvgIpc) is 2.50. The fraction of sp³-hybridized carbons (Fsp3) is 0.600. The lowest BCUT2D eigenvalue weighted by atomic mass is 9.90. The fourth-order valence-corrected chi connectivity index (χ4v) is 1.06. The van der Waals surface area contributed by atoms with Crippen molar-refractivity contribution in [3.63, 3.8) is 0 Å². The largest absolute Gasteiger partial charge is 0.481 e. The number of hydrogen-bond donors (Lipinski definition) is 2. The molecule has 1 heterocycles. The summed E-state index contributed by atoms with van der Waals surface area (Å²) in [5.74, 6) is -0.832. The van der Waals surface area contributed by atoms with Gasteiger partial charge in [0.25, 0.3) is 0 Å². The molecule has 0 unspecified atom stereocenters. The van der Waals surface area contributed by atoms with Crippen molar-refractivity contribution in [1.29, 1.82) is 0 Å². The molecular weight excluding hydrogens is 199 g/mol. The number of imidazole rings is 1. The van der Waals surface area contributed by atoms with E-state index in [4.69, 9.17) is 5.11 Å². The number of nitrogens with one attached hydrogen (secondary N) is 1. The highest BCUT2D eigenvalue weighted by atomic mass is 19.1. The van der Waals surface area contributed by atoms with Gasteiger partial charge in [-0.05, 0) is 27.7 Å². The van der Waals surface area contributed by atoms with Gasteiger partial charge in [0, 0.05) is 6.20 Å². The molecule has 2 N–H and O–H groups in total. The van der Waals surface area contributed by atoms with Gasteiger partial charge in [-0.3, -0.25) is 4.79 Å². The van der Waals surface area contributed by atoms with Crippen molar-refractivity contribution in [2.45, 2.75) is 38.8 Å². The molecule has 0 saturated heterocycles. The van der Waals surface area contributed by atoms with E-state index in [-0.39, 0.29) is 5.82 Å². The first-order valence-electron chi connectivity index (χ1n) is 4.64. The van der Waals surface area contributed by atoms with E-state index in [1.165, 1.54) is 33.9 Å². The molecule has 5 heteroatoms. The summed E-state index contributed by atoms with van der Waals surface area (Å²) >= 11 is 0. The molecular formula is C10H15FN2O2. The highest BCUT2D eigenvalue weighted by Gasteiger charge is 2.33. The molecule has 4 nitrogen and oxygen atoms in total. The Morgan fingerprint density at radius 2 is 2.00 bits per heavy atom. The number of aliphatic carboxylic acids is 1. The Balaban J connectivity index is 3.10. The molecule has 1 rings (SSSR count). The standard InChI is InChI=1S/C10H15FN2O2/c1-9(2,8(14)15)6-5-12-7(13-6)10(3,4)11/h5H,1-4H3,(H,12,13)(H,14,15). The summed E-state index contributed by atoms with van der Waals surface area (Å²) in [4.78, 5) is 17.5. The molecule has 0 aliphatic carbocycles. The minimum absolute atomic E-state index is 0.145. The van der Waals surface area contributed by atoms with Gasteiger partial charge in [-0.25, -0.2) is 9.37 Å². The van der Waals surface area contributed by atoms with Gasteiger partial charge in [-0.1, -0.05) is 0 Å². The van der Waals surface area contributed by atoms with Crippen molar-refractivity contribution in [2.24, 2.45) is 0 Å². The van der Waals surface area contributed by atoms with Crippen LogP contribution in [0, 0.1) is 0 Å². The van der Waals surface area contributed by atoms with E-state index < -0.39 is 17.1 Å². The SMILES string of the molecule is CC(C)(F)c1ncc(C(C)(C)C(=O)O)[nH]1. The Hall–Kier alpha value is -1.39. The number of carboxylic acid groups (broad SMARTS) is 1. The van der Waals surface area contributed by atoms with E-state index in [0.717, 1.165) is 0 Å².